The predicted molar refractivity (Wildman–Crippen MR) is 56.4 cm³/mol. The van der Waals surface area contributed by atoms with Crippen LogP contribution >= 0.6 is 0 Å². The standard InChI is InChI=1S/C10H14N4O/c11-9(15)4-5-12-10-7-2-1-3-8(7)13-6-14-10/h6H,1-5H2,(H2,11,15)(H,12,13,14). The Morgan fingerprint density at radius 2 is 2.33 bits per heavy atom. The number of nitrogens with zero attached hydrogens (tertiary/aromatic N) is 2. The molecular formula is C10H14N4O. The fourth-order valence-electron chi connectivity index (χ4n) is 1.82. The molecule has 3 N–H and O–H groups in total. The fourth-order valence-corrected chi connectivity index (χ4v) is 1.82. The molecule has 0 saturated heterocycles. The van der Waals surface area contributed by atoms with Crippen LogP contribution in [0.4, 0.5) is 5.82 Å². The predicted octanol–water partition coefficient (Wildman–Crippen LogP) is 0.253. The van der Waals surface area contributed by atoms with E-state index in [4.69, 9.17) is 5.73 Å². The van der Waals surface area contributed by atoms with Gasteiger partial charge >= 0.3 is 0 Å². The van der Waals surface area contributed by atoms with E-state index in [1.165, 1.54) is 5.56 Å². The van der Waals surface area contributed by atoms with Gasteiger partial charge in [-0.3, -0.25) is 4.79 Å². The number of nitrogens with one attached hydrogen (secondary N) is 1. The van der Waals surface area contributed by atoms with Gasteiger partial charge in [-0.25, -0.2) is 9.97 Å². The van der Waals surface area contributed by atoms with Gasteiger partial charge in [0.25, 0.3) is 0 Å². The highest BCUT2D eigenvalue weighted by Crippen LogP contribution is 2.24. The lowest BCUT2D eigenvalue weighted by molar-refractivity contribution is -0.117. The van der Waals surface area contributed by atoms with Crippen LogP contribution in [0.25, 0.3) is 0 Å². The van der Waals surface area contributed by atoms with Gasteiger partial charge in [0.1, 0.15) is 12.1 Å². The molecule has 0 spiro atoms. The molecular weight excluding hydrogens is 192 g/mol. The van der Waals surface area contributed by atoms with Crippen molar-refractivity contribution < 1.29 is 4.79 Å². The Kier molecular flexibility index (Phi) is 2.80. The van der Waals surface area contributed by atoms with E-state index in [0.717, 1.165) is 30.8 Å². The van der Waals surface area contributed by atoms with Gasteiger partial charge in [0.2, 0.25) is 5.91 Å². The highest BCUT2D eigenvalue weighted by molar-refractivity contribution is 5.74. The van der Waals surface area contributed by atoms with Crippen LogP contribution in [0.3, 0.4) is 0 Å². The number of carbonyl (C=O) groups excluding carboxylic acids is 1. The summed E-state index contributed by atoms with van der Waals surface area (Å²) in [7, 11) is 0. The molecule has 0 aromatic carbocycles. The van der Waals surface area contributed by atoms with Crippen LogP contribution in [0.5, 0.6) is 0 Å². The van der Waals surface area contributed by atoms with E-state index in [-0.39, 0.29) is 5.91 Å². The maximum atomic E-state index is 10.6. The summed E-state index contributed by atoms with van der Waals surface area (Å²) in [6, 6.07) is 0. The van der Waals surface area contributed by atoms with Crippen molar-refractivity contribution >= 4 is 11.7 Å². The van der Waals surface area contributed by atoms with Crippen molar-refractivity contribution in [1.82, 2.24) is 9.97 Å². The van der Waals surface area contributed by atoms with E-state index >= 15 is 0 Å². The molecule has 0 aliphatic heterocycles. The zero-order valence-electron chi connectivity index (χ0n) is 8.49. The summed E-state index contributed by atoms with van der Waals surface area (Å²) in [5.74, 6) is 0.562. The Labute approximate surface area is 88.1 Å². The van der Waals surface area contributed by atoms with Gasteiger partial charge in [0.15, 0.2) is 0 Å². The number of primary amides is 1. The molecule has 1 amide bonds. The van der Waals surface area contributed by atoms with Gasteiger partial charge in [-0.05, 0) is 19.3 Å². The molecule has 0 unspecified atom stereocenters. The van der Waals surface area contributed by atoms with E-state index in [1.54, 1.807) is 6.33 Å². The summed E-state index contributed by atoms with van der Waals surface area (Å²) in [6.45, 7) is 0.540. The number of hydrogen-bond donors (Lipinski definition) is 2. The molecule has 1 aliphatic rings. The summed E-state index contributed by atoms with van der Waals surface area (Å²) >= 11 is 0. The maximum Gasteiger partial charge on any atom is 0.219 e. The zero-order chi connectivity index (χ0) is 10.7. The summed E-state index contributed by atoms with van der Waals surface area (Å²) < 4.78 is 0. The lowest BCUT2D eigenvalue weighted by Crippen LogP contribution is -2.17. The molecule has 0 radical (unpaired) electrons. The average Bonchev–Trinajstić information content (AvgIpc) is 2.65. The van der Waals surface area contributed by atoms with Crippen molar-refractivity contribution in [2.24, 2.45) is 5.73 Å². The van der Waals surface area contributed by atoms with Crippen molar-refractivity contribution in [3.63, 3.8) is 0 Å². The lowest BCUT2D eigenvalue weighted by atomic mass is 10.2. The van der Waals surface area contributed by atoms with E-state index < -0.39 is 0 Å². The van der Waals surface area contributed by atoms with Crippen LogP contribution < -0.4 is 11.1 Å². The Morgan fingerprint density at radius 1 is 1.47 bits per heavy atom. The van der Waals surface area contributed by atoms with Gasteiger partial charge in [-0.15, -0.1) is 0 Å². The van der Waals surface area contributed by atoms with Crippen LogP contribution in [0.1, 0.15) is 24.1 Å². The van der Waals surface area contributed by atoms with Gasteiger partial charge in [0.05, 0.1) is 0 Å². The molecule has 0 bridgehead atoms. The van der Waals surface area contributed by atoms with Gasteiger partial charge in [0, 0.05) is 24.2 Å². The minimum absolute atomic E-state index is 0.298. The second kappa shape index (κ2) is 4.25. The van der Waals surface area contributed by atoms with Crippen molar-refractivity contribution in [3.05, 3.63) is 17.6 Å². The normalized spacial score (nSPS) is 13.6. The zero-order valence-corrected chi connectivity index (χ0v) is 8.49. The molecule has 2 rings (SSSR count). The third kappa shape index (κ3) is 2.23. The van der Waals surface area contributed by atoms with Gasteiger partial charge in [-0.2, -0.15) is 0 Å². The Morgan fingerprint density at radius 3 is 3.13 bits per heavy atom. The molecule has 0 fully saturated rings. The Hall–Kier alpha value is -1.65. The maximum absolute atomic E-state index is 10.6. The minimum Gasteiger partial charge on any atom is -0.370 e. The molecule has 5 heteroatoms. The number of amides is 1. The second-order valence-corrected chi connectivity index (χ2v) is 3.64. The molecule has 1 heterocycles. The first-order valence-electron chi connectivity index (χ1n) is 5.12. The number of carbonyl (C=O) groups is 1. The first-order chi connectivity index (χ1) is 7.27. The minimum atomic E-state index is -0.298. The fraction of sp³-hybridized carbons (Fsp3) is 0.500. The van der Waals surface area contributed by atoms with Crippen LogP contribution in [-0.4, -0.2) is 22.4 Å². The molecule has 80 valence electrons. The van der Waals surface area contributed by atoms with Crippen molar-refractivity contribution in [2.45, 2.75) is 25.7 Å². The summed E-state index contributed by atoms with van der Waals surface area (Å²) in [4.78, 5) is 19.0. The largest absolute Gasteiger partial charge is 0.370 e. The van der Waals surface area contributed by atoms with Crippen molar-refractivity contribution in [2.75, 3.05) is 11.9 Å². The number of hydrogen-bond acceptors (Lipinski definition) is 4. The highest BCUT2D eigenvalue weighted by atomic mass is 16.1. The van der Waals surface area contributed by atoms with E-state index in [9.17, 15) is 4.79 Å². The van der Waals surface area contributed by atoms with E-state index in [1.807, 2.05) is 0 Å². The van der Waals surface area contributed by atoms with Crippen molar-refractivity contribution in [1.29, 1.82) is 0 Å². The number of aryl methyl sites for hydroxylation is 1. The lowest BCUT2D eigenvalue weighted by Gasteiger charge is -2.08. The van der Waals surface area contributed by atoms with Crippen LogP contribution in [0, 0.1) is 0 Å². The SMILES string of the molecule is NC(=O)CCNc1ncnc2c1CCC2. The van der Waals surface area contributed by atoms with Crippen LogP contribution in [0.2, 0.25) is 0 Å². The smallest absolute Gasteiger partial charge is 0.219 e. The summed E-state index contributed by atoms with van der Waals surface area (Å²) in [6.07, 6.45) is 5.09. The third-order valence-corrected chi connectivity index (χ3v) is 2.54. The van der Waals surface area contributed by atoms with E-state index in [0.29, 0.717) is 13.0 Å². The van der Waals surface area contributed by atoms with Gasteiger partial charge < -0.3 is 11.1 Å². The summed E-state index contributed by atoms with van der Waals surface area (Å²) in [5.41, 5.74) is 7.39. The molecule has 1 aromatic rings. The molecule has 15 heavy (non-hydrogen) atoms. The summed E-state index contributed by atoms with van der Waals surface area (Å²) in [5, 5.41) is 3.12. The molecule has 0 atom stereocenters. The number of fused-ring (bicyclic) bond motifs is 1. The first kappa shape index (κ1) is 9.89. The molecule has 5 nitrogen and oxygen atoms in total. The number of rotatable bonds is 4. The van der Waals surface area contributed by atoms with Crippen LogP contribution in [0.15, 0.2) is 6.33 Å². The average molecular weight is 206 g/mol. The monoisotopic (exact) mass is 206 g/mol. The second-order valence-electron chi connectivity index (χ2n) is 3.64. The topological polar surface area (TPSA) is 80.9 Å². The van der Waals surface area contributed by atoms with Gasteiger partial charge in [-0.1, -0.05) is 0 Å². The molecule has 1 aromatic heterocycles. The molecule has 0 saturated carbocycles. The Bertz CT molecular complexity index is 378. The van der Waals surface area contributed by atoms with E-state index in [2.05, 4.69) is 15.3 Å². The third-order valence-electron chi connectivity index (χ3n) is 2.54. The highest BCUT2D eigenvalue weighted by Gasteiger charge is 2.16. The molecule has 1 aliphatic carbocycles. The van der Waals surface area contributed by atoms with Crippen molar-refractivity contribution in [3.8, 4) is 0 Å². The first-order valence-corrected chi connectivity index (χ1v) is 5.12. The Balaban J connectivity index is 2.02. The number of nitrogens with two attached hydrogens (primary N) is 1. The number of aromatic nitrogens is 2. The van der Waals surface area contributed by atoms with Crippen LogP contribution in [-0.2, 0) is 17.6 Å². The quantitative estimate of drug-likeness (QED) is 0.740. The number of anilines is 1.